The maximum Gasteiger partial charge on any atom is 0.329 e. The summed E-state index contributed by atoms with van der Waals surface area (Å²) in [7, 11) is 0. The van der Waals surface area contributed by atoms with Crippen molar-refractivity contribution in [2.75, 3.05) is 28.2 Å². The molecule has 0 saturated carbocycles. The average molecular weight is 440 g/mol. The minimum atomic E-state index is -0.172. The van der Waals surface area contributed by atoms with Gasteiger partial charge in [0.2, 0.25) is 0 Å². The molecular weight excluding hydrogens is 418 g/mol. The number of rotatable bonds is 2. The topological polar surface area (TPSA) is 61.4 Å². The van der Waals surface area contributed by atoms with E-state index in [2.05, 4.69) is 21.3 Å². The lowest BCUT2D eigenvalue weighted by Crippen LogP contribution is -2.46. The summed E-state index contributed by atoms with van der Waals surface area (Å²) in [5.41, 5.74) is 3.68. The van der Waals surface area contributed by atoms with Crippen molar-refractivity contribution >= 4 is 45.6 Å². The second kappa shape index (κ2) is 7.56. The van der Waals surface area contributed by atoms with Gasteiger partial charge in [-0.15, -0.1) is 11.3 Å². The molecule has 3 aliphatic heterocycles. The summed E-state index contributed by atoms with van der Waals surface area (Å²) in [5, 5.41) is 4.30. The quantitative estimate of drug-likeness (QED) is 0.573. The number of halogens is 1. The number of hydrogen-bond donors (Lipinski definition) is 1. The molecule has 1 fully saturated rings. The predicted molar refractivity (Wildman–Crippen MR) is 123 cm³/mol. The highest BCUT2D eigenvalue weighted by Crippen LogP contribution is 2.39. The number of aryl methyl sites for hydroxylation is 2. The Bertz CT molecular complexity index is 1100. The highest BCUT2D eigenvalue weighted by molar-refractivity contribution is 7.15. The summed E-state index contributed by atoms with van der Waals surface area (Å²) in [5.74, 6) is 0.704. The Labute approximate surface area is 184 Å². The van der Waals surface area contributed by atoms with E-state index in [-0.39, 0.29) is 12.1 Å². The SMILES string of the molecule is Cc1nc(NC(=O)N2c3nc(-c4cccc(Cl)c4)ccc3N3CCC2CC3)sc1C. The van der Waals surface area contributed by atoms with Gasteiger partial charge < -0.3 is 4.90 Å². The van der Waals surface area contributed by atoms with Crippen LogP contribution in [-0.4, -0.2) is 35.1 Å². The number of hydrogen-bond acceptors (Lipinski definition) is 5. The van der Waals surface area contributed by atoms with Crippen LogP contribution in [0.15, 0.2) is 36.4 Å². The fourth-order valence-corrected chi connectivity index (χ4v) is 5.15. The maximum absolute atomic E-state index is 13.4. The number of fused-ring (bicyclic) bond motifs is 2. The number of thiazole rings is 1. The highest BCUT2D eigenvalue weighted by Gasteiger charge is 2.37. The molecule has 0 atom stereocenters. The Morgan fingerprint density at radius 1 is 1.17 bits per heavy atom. The van der Waals surface area contributed by atoms with Crippen molar-refractivity contribution in [3.05, 3.63) is 52.0 Å². The first kappa shape index (κ1) is 19.3. The molecule has 0 radical (unpaired) electrons. The van der Waals surface area contributed by atoms with Gasteiger partial charge in [-0.1, -0.05) is 23.7 Å². The first-order chi connectivity index (χ1) is 14.5. The van der Waals surface area contributed by atoms with Crippen molar-refractivity contribution < 1.29 is 4.79 Å². The number of amides is 2. The van der Waals surface area contributed by atoms with E-state index in [1.807, 2.05) is 49.1 Å². The van der Waals surface area contributed by atoms with Crippen LogP contribution in [0.2, 0.25) is 5.02 Å². The molecule has 1 saturated heterocycles. The number of nitrogens with one attached hydrogen (secondary N) is 1. The Kier molecular flexibility index (Phi) is 4.87. The molecule has 0 aliphatic carbocycles. The van der Waals surface area contributed by atoms with Gasteiger partial charge >= 0.3 is 6.03 Å². The van der Waals surface area contributed by atoms with E-state index in [4.69, 9.17) is 16.6 Å². The van der Waals surface area contributed by atoms with Crippen LogP contribution in [0.1, 0.15) is 23.4 Å². The molecule has 5 heterocycles. The molecule has 2 aromatic heterocycles. The minimum absolute atomic E-state index is 0.117. The smallest absolute Gasteiger partial charge is 0.329 e. The van der Waals surface area contributed by atoms with Crippen LogP contribution in [0, 0.1) is 13.8 Å². The number of nitrogens with zero attached hydrogens (tertiary/aromatic N) is 4. The molecule has 30 heavy (non-hydrogen) atoms. The van der Waals surface area contributed by atoms with E-state index in [0.717, 1.165) is 53.4 Å². The van der Waals surface area contributed by atoms with Gasteiger partial charge in [-0.25, -0.2) is 14.8 Å². The molecule has 2 amide bonds. The van der Waals surface area contributed by atoms with Gasteiger partial charge in [-0.05, 0) is 51.0 Å². The third-order valence-corrected chi connectivity index (χ3v) is 7.06. The summed E-state index contributed by atoms with van der Waals surface area (Å²) in [6.07, 6.45) is 1.85. The van der Waals surface area contributed by atoms with Gasteiger partial charge in [-0.3, -0.25) is 10.2 Å². The molecule has 0 unspecified atom stereocenters. The summed E-state index contributed by atoms with van der Waals surface area (Å²) >= 11 is 7.69. The Morgan fingerprint density at radius 3 is 2.67 bits per heavy atom. The number of pyridine rings is 1. The molecule has 2 bridgehead atoms. The standard InChI is InChI=1S/C22H22ClN5OS/c1-13-14(2)30-21(24-13)26-22(29)28-17-8-10-27(11-9-17)19-7-6-18(25-20(19)28)15-4-3-5-16(23)12-15/h3-7,12,17H,8-11H2,1-2H3,(H,24,26,29). The number of aromatic nitrogens is 2. The summed E-state index contributed by atoms with van der Waals surface area (Å²) in [6.45, 7) is 5.82. The van der Waals surface area contributed by atoms with Crippen LogP contribution in [0.3, 0.4) is 0 Å². The van der Waals surface area contributed by atoms with Gasteiger partial charge in [0.1, 0.15) is 0 Å². The molecule has 6 rings (SSSR count). The molecule has 6 nitrogen and oxygen atoms in total. The van der Waals surface area contributed by atoms with Crippen LogP contribution >= 0.6 is 22.9 Å². The van der Waals surface area contributed by atoms with Crippen molar-refractivity contribution in [2.45, 2.75) is 32.7 Å². The number of anilines is 3. The monoisotopic (exact) mass is 439 g/mol. The van der Waals surface area contributed by atoms with Crippen molar-refractivity contribution in [1.82, 2.24) is 9.97 Å². The van der Waals surface area contributed by atoms with Crippen LogP contribution in [0.4, 0.5) is 21.4 Å². The average Bonchev–Trinajstić information content (AvgIpc) is 2.90. The molecule has 1 N–H and O–H groups in total. The van der Waals surface area contributed by atoms with E-state index in [9.17, 15) is 4.79 Å². The molecule has 3 aliphatic rings. The minimum Gasteiger partial charge on any atom is -0.368 e. The first-order valence-electron chi connectivity index (χ1n) is 10.1. The Hall–Kier alpha value is -2.64. The van der Waals surface area contributed by atoms with Gasteiger partial charge in [0.15, 0.2) is 10.9 Å². The van der Waals surface area contributed by atoms with E-state index >= 15 is 0 Å². The van der Waals surface area contributed by atoms with Crippen LogP contribution in [0.25, 0.3) is 11.3 Å². The van der Waals surface area contributed by atoms with Crippen molar-refractivity contribution in [3.63, 3.8) is 0 Å². The van der Waals surface area contributed by atoms with E-state index < -0.39 is 0 Å². The second-order valence-electron chi connectivity index (χ2n) is 7.73. The number of urea groups is 1. The number of carbonyl (C=O) groups is 1. The molecule has 3 aromatic rings. The lowest BCUT2D eigenvalue weighted by molar-refractivity contribution is 0.253. The third-order valence-electron chi connectivity index (χ3n) is 5.83. The summed E-state index contributed by atoms with van der Waals surface area (Å²) in [4.78, 5) is 28.1. The molecular formula is C22H22ClN5OS. The Morgan fingerprint density at radius 2 is 1.97 bits per heavy atom. The fourth-order valence-electron chi connectivity index (χ4n) is 4.15. The lowest BCUT2D eigenvalue weighted by Gasteiger charge is -2.31. The van der Waals surface area contributed by atoms with Crippen LogP contribution < -0.4 is 15.1 Å². The maximum atomic E-state index is 13.4. The van der Waals surface area contributed by atoms with Gasteiger partial charge in [-0.2, -0.15) is 0 Å². The number of carbonyl (C=O) groups excluding carboxylic acids is 1. The highest BCUT2D eigenvalue weighted by atomic mass is 35.5. The normalized spacial score (nSPS) is 15.8. The van der Waals surface area contributed by atoms with Crippen LogP contribution in [-0.2, 0) is 0 Å². The number of benzene rings is 1. The summed E-state index contributed by atoms with van der Waals surface area (Å²) in [6, 6.07) is 11.7. The summed E-state index contributed by atoms with van der Waals surface area (Å²) < 4.78 is 0. The molecule has 8 heteroatoms. The zero-order valence-corrected chi connectivity index (χ0v) is 18.4. The lowest BCUT2D eigenvalue weighted by atomic mass is 10.1. The zero-order valence-electron chi connectivity index (χ0n) is 16.9. The van der Waals surface area contributed by atoms with Crippen molar-refractivity contribution in [3.8, 4) is 11.3 Å². The number of piperidine rings is 1. The largest absolute Gasteiger partial charge is 0.368 e. The van der Waals surface area contributed by atoms with E-state index in [0.29, 0.717) is 16.0 Å². The fraction of sp³-hybridized carbons (Fsp3) is 0.318. The van der Waals surface area contributed by atoms with Crippen molar-refractivity contribution in [1.29, 1.82) is 0 Å². The van der Waals surface area contributed by atoms with E-state index in [1.54, 1.807) is 0 Å². The Balaban J connectivity index is 1.56. The predicted octanol–water partition coefficient (Wildman–Crippen LogP) is 5.50. The van der Waals surface area contributed by atoms with Crippen molar-refractivity contribution in [2.24, 2.45) is 0 Å². The third kappa shape index (κ3) is 3.42. The van der Waals surface area contributed by atoms with Crippen LogP contribution in [0.5, 0.6) is 0 Å². The van der Waals surface area contributed by atoms with Gasteiger partial charge in [0, 0.05) is 34.6 Å². The molecule has 0 spiro atoms. The molecule has 1 aromatic carbocycles. The zero-order chi connectivity index (χ0) is 20.8. The van der Waals surface area contributed by atoms with Gasteiger partial charge in [0.05, 0.1) is 17.1 Å². The van der Waals surface area contributed by atoms with E-state index in [1.165, 1.54) is 11.3 Å². The molecule has 154 valence electrons. The van der Waals surface area contributed by atoms with Gasteiger partial charge in [0.25, 0.3) is 0 Å². The first-order valence-corrected chi connectivity index (χ1v) is 11.3. The second-order valence-corrected chi connectivity index (χ2v) is 9.37.